The summed E-state index contributed by atoms with van der Waals surface area (Å²) in [5.41, 5.74) is 0. The summed E-state index contributed by atoms with van der Waals surface area (Å²) in [6.45, 7) is 1.11. The van der Waals surface area contributed by atoms with E-state index in [4.69, 9.17) is 23.1 Å². The van der Waals surface area contributed by atoms with Gasteiger partial charge in [-0.05, 0) is 19.3 Å². The SMILES string of the molecule is [2H]CCCCCCCCCCCCCC(=O)OC[C@@H](O)[C@H]1OC(=O)[C@H](OC(=O)CCCCCCCCCCCCC[2H])[C@H]1OC(=O)CCCCCCCCCCCCC[2H]. The minimum atomic E-state index is -1.50. The van der Waals surface area contributed by atoms with E-state index in [0.29, 0.717) is 40.0 Å². The van der Waals surface area contributed by atoms with Crippen LogP contribution in [0.3, 0.4) is 0 Å². The Morgan fingerprint density at radius 3 is 1.19 bits per heavy atom. The zero-order valence-electron chi connectivity index (χ0n) is 39.3. The van der Waals surface area contributed by atoms with Crippen molar-refractivity contribution in [1.82, 2.24) is 0 Å². The summed E-state index contributed by atoms with van der Waals surface area (Å²) in [5, 5.41) is 11.0. The predicted molar refractivity (Wildman–Crippen MR) is 230 cm³/mol. The van der Waals surface area contributed by atoms with E-state index in [0.717, 1.165) is 109 Å². The van der Waals surface area contributed by atoms with Gasteiger partial charge in [-0.2, -0.15) is 0 Å². The number of hydrogen-bond donors (Lipinski definition) is 1. The van der Waals surface area contributed by atoms with Gasteiger partial charge in [0.2, 0.25) is 6.10 Å². The number of unbranched alkanes of at least 4 members (excludes halogenated alkanes) is 30. The Kier molecular flexibility index (Phi) is 31.7. The monoisotopic (exact) mass is 812 g/mol. The molecular weight excluding hydrogens is 721 g/mol. The highest BCUT2D eigenvalue weighted by Gasteiger charge is 2.53. The lowest BCUT2D eigenvalue weighted by molar-refractivity contribution is -0.171. The van der Waals surface area contributed by atoms with Crippen LogP contribution in [-0.2, 0) is 38.1 Å². The Balaban J connectivity index is 2.51. The normalized spacial score (nSPS) is 17.7. The highest BCUT2D eigenvalue weighted by molar-refractivity contribution is 5.83. The smallest absolute Gasteiger partial charge is 0.352 e. The van der Waals surface area contributed by atoms with Crippen LogP contribution in [0.2, 0.25) is 0 Å². The summed E-state index contributed by atoms with van der Waals surface area (Å²) in [6.07, 6.45) is 30.2. The molecule has 0 amide bonds. The van der Waals surface area contributed by atoms with Gasteiger partial charge in [0.1, 0.15) is 12.7 Å². The number of cyclic esters (lactones) is 1. The first-order valence-corrected chi connectivity index (χ1v) is 23.6. The van der Waals surface area contributed by atoms with Gasteiger partial charge in [-0.3, -0.25) is 14.4 Å². The van der Waals surface area contributed by atoms with Crippen LogP contribution < -0.4 is 0 Å². The number of esters is 4. The third-order valence-electron chi connectivity index (χ3n) is 11.1. The summed E-state index contributed by atoms with van der Waals surface area (Å²) in [6, 6.07) is 0. The van der Waals surface area contributed by atoms with Crippen molar-refractivity contribution in [3.63, 3.8) is 0 Å². The van der Waals surface area contributed by atoms with Crippen molar-refractivity contribution in [3.05, 3.63) is 0 Å². The first kappa shape index (κ1) is 47.5. The second-order valence-electron chi connectivity index (χ2n) is 16.4. The Morgan fingerprint density at radius 1 is 0.509 bits per heavy atom. The van der Waals surface area contributed by atoms with Crippen LogP contribution >= 0.6 is 0 Å². The molecule has 0 radical (unpaired) electrons. The lowest BCUT2D eigenvalue weighted by atomic mass is 10.0. The molecule has 57 heavy (non-hydrogen) atoms. The summed E-state index contributed by atoms with van der Waals surface area (Å²) < 4.78 is 43.7. The van der Waals surface area contributed by atoms with E-state index in [1.165, 1.54) is 83.5 Å². The average molecular weight is 812 g/mol. The maximum atomic E-state index is 13.0. The molecule has 0 bridgehead atoms. The summed E-state index contributed by atoms with van der Waals surface area (Å²) >= 11 is 0. The van der Waals surface area contributed by atoms with Gasteiger partial charge in [-0.25, -0.2) is 4.79 Å². The maximum Gasteiger partial charge on any atom is 0.352 e. The summed E-state index contributed by atoms with van der Waals surface area (Å²) in [5.74, 6) is -2.50. The Bertz CT molecular complexity index is 1050. The molecule has 4 atom stereocenters. The quantitative estimate of drug-likeness (QED) is 0.0365. The molecule has 1 aliphatic heterocycles. The molecule has 0 saturated carbocycles. The van der Waals surface area contributed by atoms with Crippen molar-refractivity contribution < 1.29 is 47.3 Å². The molecule has 0 aliphatic carbocycles. The first-order chi connectivity index (χ1) is 29.3. The van der Waals surface area contributed by atoms with E-state index < -0.39 is 54.9 Å². The second kappa shape index (κ2) is 38.1. The first-order valence-electron chi connectivity index (χ1n) is 25.8. The van der Waals surface area contributed by atoms with Crippen LogP contribution in [0.4, 0.5) is 0 Å². The molecule has 0 aromatic heterocycles. The molecule has 0 aromatic carbocycles. The van der Waals surface area contributed by atoms with E-state index in [-0.39, 0.29) is 19.3 Å². The van der Waals surface area contributed by atoms with Gasteiger partial charge in [0.05, 0.1) is 0 Å². The van der Waals surface area contributed by atoms with Crippen molar-refractivity contribution >= 4 is 23.9 Å². The van der Waals surface area contributed by atoms with Crippen LogP contribution in [0, 0.1) is 0 Å². The van der Waals surface area contributed by atoms with Crippen molar-refractivity contribution in [2.24, 2.45) is 0 Å². The number of rotatable bonds is 41. The Hall–Kier alpha value is -2.16. The standard InChI is InChI=1S/C48H88O9/c1-4-7-10-13-16-19-22-25-28-31-34-37-42(50)54-40-41(49)45-46(55-43(51)38-35-32-29-26-23-20-17-14-11-8-5-2)47(48(53)57-45)56-44(52)39-36-33-30-27-24-21-18-15-12-9-6-3/h41,45-47,49H,4-40H2,1-3H3/t41-,45-,46+,47-/m1/s1/i1D,2D,3D. The molecule has 9 heteroatoms. The zero-order chi connectivity index (χ0) is 43.7. The number of aliphatic hydroxyl groups excluding tert-OH is 1. The molecule has 1 fully saturated rings. The predicted octanol–water partition coefficient (Wildman–Crippen LogP) is 12.7. The lowest BCUT2D eigenvalue weighted by Gasteiger charge is -2.24. The van der Waals surface area contributed by atoms with Crippen molar-refractivity contribution in [1.29, 1.82) is 0 Å². The number of carbonyl (C=O) groups is 4. The molecule has 334 valence electrons. The molecule has 0 aromatic rings. The molecule has 1 heterocycles. The highest BCUT2D eigenvalue weighted by atomic mass is 16.7. The molecule has 1 aliphatic rings. The Labute approximate surface area is 353 Å². The van der Waals surface area contributed by atoms with Crippen LogP contribution in [-0.4, -0.2) is 60.0 Å². The fourth-order valence-electron chi connectivity index (χ4n) is 7.45. The molecule has 9 nitrogen and oxygen atoms in total. The van der Waals surface area contributed by atoms with Gasteiger partial charge in [-0.15, -0.1) is 0 Å². The Morgan fingerprint density at radius 2 is 0.825 bits per heavy atom. The fourth-order valence-corrected chi connectivity index (χ4v) is 7.45. The van der Waals surface area contributed by atoms with E-state index in [2.05, 4.69) is 0 Å². The topological polar surface area (TPSA) is 125 Å². The van der Waals surface area contributed by atoms with E-state index in [9.17, 15) is 24.3 Å². The highest BCUT2D eigenvalue weighted by Crippen LogP contribution is 2.27. The van der Waals surface area contributed by atoms with Crippen LogP contribution in [0.1, 0.15) is 256 Å². The van der Waals surface area contributed by atoms with Crippen molar-refractivity contribution in [3.8, 4) is 0 Å². The van der Waals surface area contributed by atoms with E-state index >= 15 is 0 Å². The van der Waals surface area contributed by atoms with Crippen LogP contribution in [0.15, 0.2) is 0 Å². The van der Waals surface area contributed by atoms with E-state index in [1.807, 2.05) is 0 Å². The van der Waals surface area contributed by atoms with Crippen LogP contribution in [0.25, 0.3) is 0 Å². The fraction of sp³-hybridized carbons (Fsp3) is 0.917. The van der Waals surface area contributed by atoms with E-state index in [1.54, 1.807) is 0 Å². The summed E-state index contributed by atoms with van der Waals surface area (Å²) in [4.78, 5) is 51.4. The molecule has 0 spiro atoms. The van der Waals surface area contributed by atoms with Crippen LogP contribution in [0.5, 0.6) is 0 Å². The van der Waals surface area contributed by atoms with Gasteiger partial charge in [0.15, 0.2) is 12.2 Å². The number of carbonyl (C=O) groups excluding carboxylic acids is 4. The molecular formula is C48H88O9. The zero-order valence-corrected chi connectivity index (χ0v) is 36.3. The second-order valence-corrected chi connectivity index (χ2v) is 16.4. The minimum Gasteiger partial charge on any atom is -0.463 e. The van der Waals surface area contributed by atoms with Gasteiger partial charge < -0.3 is 24.1 Å². The number of aliphatic hydroxyl groups is 1. The third kappa shape index (κ3) is 29.7. The van der Waals surface area contributed by atoms with Gasteiger partial charge >= 0.3 is 23.9 Å². The van der Waals surface area contributed by atoms with Crippen molar-refractivity contribution in [2.45, 2.75) is 276 Å². The summed E-state index contributed by atoms with van der Waals surface area (Å²) in [7, 11) is 0. The average Bonchev–Trinajstić information content (AvgIpc) is 3.54. The number of ether oxygens (including phenoxy) is 4. The molecule has 0 unspecified atom stereocenters. The van der Waals surface area contributed by atoms with Crippen molar-refractivity contribution in [2.75, 3.05) is 6.61 Å². The minimum absolute atomic E-state index is 0.116. The largest absolute Gasteiger partial charge is 0.463 e. The lowest BCUT2D eigenvalue weighted by Crippen LogP contribution is -2.45. The maximum absolute atomic E-state index is 13.0. The van der Waals surface area contributed by atoms with Gasteiger partial charge in [0, 0.05) is 23.4 Å². The van der Waals surface area contributed by atoms with Gasteiger partial charge in [-0.1, -0.05) is 213 Å². The molecule has 1 saturated heterocycles. The third-order valence-corrected chi connectivity index (χ3v) is 11.1. The number of hydrogen-bond acceptors (Lipinski definition) is 9. The molecule has 1 N–H and O–H groups in total. The molecule has 1 rings (SSSR count). The van der Waals surface area contributed by atoms with Gasteiger partial charge in [0.25, 0.3) is 0 Å².